The van der Waals surface area contributed by atoms with E-state index in [9.17, 15) is 8.42 Å². The number of aromatic nitrogens is 2. The fraction of sp³-hybridized carbons (Fsp3) is 0.348. The van der Waals surface area contributed by atoms with E-state index in [2.05, 4.69) is 4.98 Å². The maximum atomic E-state index is 12.9. The number of hydrogen-bond donors (Lipinski definition) is 0. The van der Waals surface area contributed by atoms with E-state index in [0.29, 0.717) is 24.4 Å². The van der Waals surface area contributed by atoms with Gasteiger partial charge < -0.3 is 14.0 Å². The molecule has 32 heavy (non-hydrogen) atoms. The first kappa shape index (κ1) is 22.9. The van der Waals surface area contributed by atoms with Crippen LogP contribution in [0.15, 0.2) is 72.1 Å². The summed E-state index contributed by atoms with van der Waals surface area (Å²) in [6, 6.07) is 14.0. The molecule has 0 bridgehead atoms. The molecule has 3 aromatic rings. The van der Waals surface area contributed by atoms with Crippen molar-refractivity contribution in [1.29, 1.82) is 0 Å². The van der Waals surface area contributed by atoms with Crippen LogP contribution < -0.4 is 0 Å². The van der Waals surface area contributed by atoms with E-state index in [0.717, 1.165) is 11.1 Å². The van der Waals surface area contributed by atoms with Crippen LogP contribution in [0.4, 0.5) is 0 Å². The first-order valence-electron chi connectivity index (χ1n) is 10.2. The average molecular weight is 477 g/mol. The van der Waals surface area contributed by atoms with Crippen molar-refractivity contribution < 1.29 is 22.1 Å². The average Bonchev–Trinajstić information content (AvgIpc) is 3.36. The van der Waals surface area contributed by atoms with Crippen molar-refractivity contribution in [3.05, 3.63) is 83.4 Å². The highest BCUT2D eigenvalue weighted by Gasteiger charge is 2.51. The second-order valence-electron chi connectivity index (χ2n) is 8.15. The van der Waals surface area contributed by atoms with Crippen LogP contribution in [0.2, 0.25) is 5.02 Å². The third-order valence-electron chi connectivity index (χ3n) is 5.29. The van der Waals surface area contributed by atoms with Gasteiger partial charge in [0.2, 0.25) is 5.79 Å². The van der Waals surface area contributed by atoms with Gasteiger partial charge in [0.15, 0.2) is 5.79 Å². The van der Waals surface area contributed by atoms with Gasteiger partial charge in [-0.1, -0.05) is 41.4 Å². The number of rotatable bonds is 8. The summed E-state index contributed by atoms with van der Waals surface area (Å²) in [7, 11) is -4.04. The summed E-state index contributed by atoms with van der Waals surface area (Å²) in [5.41, 5.74) is 2.02. The predicted octanol–water partition coefficient (Wildman–Crippen LogP) is 4.34. The summed E-state index contributed by atoms with van der Waals surface area (Å²) in [6.45, 7) is 3.77. The number of hydrogen-bond acceptors (Lipinski definition) is 6. The lowest BCUT2D eigenvalue weighted by atomic mass is 10.0. The van der Waals surface area contributed by atoms with E-state index in [1.54, 1.807) is 37.8 Å². The number of benzene rings is 2. The fourth-order valence-electron chi connectivity index (χ4n) is 3.67. The number of imidazole rings is 1. The Morgan fingerprint density at radius 2 is 1.88 bits per heavy atom. The van der Waals surface area contributed by atoms with Crippen molar-refractivity contribution in [1.82, 2.24) is 9.55 Å². The van der Waals surface area contributed by atoms with Crippen LogP contribution in [0.3, 0.4) is 0 Å². The third-order valence-corrected chi connectivity index (χ3v) is 6.96. The Balaban J connectivity index is 1.53. The zero-order valence-electron chi connectivity index (χ0n) is 17.9. The maximum Gasteiger partial charge on any atom is 0.299 e. The van der Waals surface area contributed by atoms with E-state index in [1.807, 2.05) is 35.8 Å². The van der Waals surface area contributed by atoms with E-state index < -0.39 is 21.7 Å². The molecule has 0 N–H and O–H groups in total. The molecular weight excluding hydrogens is 452 g/mol. The molecule has 2 aromatic carbocycles. The van der Waals surface area contributed by atoms with Crippen LogP contribution in [0, 0.1) is 6.92 Å². The van der Waals surface area contributed by atoms with Gasteiger partial charge in [0.05, 0.1) is 17.8 Å². The molecule has 0 aliphatic carbocycles. The summed E-state index contributed by atoms with van der Waals surface area (Å²) in [5, 5.41) is 0.664. The minimum Gasteiger partial charge on any atom is -0.342 e. The first-order valence-corrected chi connectivity index (χ1v) is 12.0. The molecule has 2 heterocycles. The van der Waals surface area contributed by atoms with Gasteiger partial charge in [-0.3, -0.25) is 0 Å². The second-order valence-corrected chi connectivity index (χ2v) is 10.1. The van der Waals surface area contributed by atoms with Gasteiger partial charge in [0.1, 0.15) is 6.61 Å². The zero-order chi connectivity index (χ0) is 22.8. The summed E-state index contributed by atoms with van der Waals surface area (Å²) in [6.07, 6.45) is 6.26. The number of aryl methyl sites for hydroxylation is 2. The minimum absolute atomic E-state index is 0.0343. The lowest BCUT2D eigenvalue weighted by Crippen LogP contribution is -2.41. The highest BCUT2D eigenvalue weighted by molar-refractivity contribution is 7.86. The van der Waals surface area contributed by atoms with Crippen molar-refractivity contribution in [3.8, 4) is 0 Å². The van der Waals surface area contributed by atoms with Gasteiger partial charge >= 0.3 is 0 Å². The van der Waals surface area contributed by atoms with E-state index in [-0.39, 0.29) is 11.5 Å². The second kappa shape index (κ2) is 8.96. The molecule has 0 amide bonds. The molecule has 1 aliphatic rings. The van der Waals surface area contributed by atoms with Crippen LogP contribution in [0.1, 0.15) is 24.5 Å². The van der Waals surface area contributed by atoms with E-state index in [1.165, 1.54) is 12.1 Å². The topological polar surface area (TPSA) is 79.7 Å². The van der Waals surface area contributed by atoms with E-state index in [4.69, 9.17) is 25.3 Å². The lowest BCUT2D eigenvalue weighted by molar-refractivity contribution is -0.236. The quantitative estimate of drug-likeness (QED) is 0.450. The fourth-order valence-corrected chi connectivity index (χ4v) is 4.90. The molecule has 1 unspecified atom stereocenters. The van der Waals surface area contributed by atoms with Crippen LogP contribution in [-0.2, 0) is 36.7 Å². The molecule has 0 saturated carbocycles. The Morgan fingerprint density at radius 3 is 2.53 bits per heavy atom. The molecule has 2 atom stereocenters. The Morgan fingerprint density at radius 1 is 1.16 bits per heavy atom. The molecule has 1 aromatic heterocycles. The standard InChI is InChI=1S/C23H25ClN2O5S/c1-18-3-9-21(10-4-18)32(27,28)31-22(2)16-29-23(30-22,15-26-14-13-25-17-26)12-11-19-5-7-20(24)8-6-19/h3-10,13-14,17H,11-12,15-16H2,1-2H3/t22-,23?/m0/s1. The molecule has 0 spiro atoms. The van der Waals surface area contributed by atoms with Crippen LogP contribution in [-0.4, -0.2) is 36.1 Å². The van der Waals surface area contributed by atoms with Crippen molar-refractivity contribution in [2.45, 2.75) is 49.7 Å². The summed E-state index contributed by atoms with van der Waals surface area (Å²) in [4.78, 5) is 4.15. The molecule has 1 aliphatic heterocycles. The Hall–Kier alpha value is -2.23. The highest BCUT2D eigenvalue weighted by Crippen LogP contribution is 2.38. The van der Waals surface area contributed by atoms with Crippen molar-refractivity contribution in [3.63, 3.8) is 0 Å². The minimum atomic E-state index is -4.04. The van der Waals surface area contributed by atoms with Crippen LogP contribution in [0.25, 0.3) is 0 Å². The highest BCUT2D eigenvalue weighted by atomic mass is 35.5. The van der Waals surface area contributed by atoms with Gasteiger partial charge in [-0.2, -0.15) is 8.42 Å². The van der Waals surface area contributed by atoms with Crippen molar-refractivity contribution >= 4 is 21.7 Å². The molecule has 1 saturated heterocycles. The van der Waals surface area contributed by atoms with Crippen molar-refractivity contribution in [2.24, 2.45) is 0 Å². The monoisotopic (exact) mass is 476 g/mol. The van der Waals surface area contributed by atoms with Gasteiger partial charge in [0.25, 0.3) is 10.1 Å². The molecule has 4 rings (SSSR count). The molecule has 9 heteroatoms. The van der Waals surface area contributed by atoms with Gasteiger partial charge in [-0.05, 0) is 50.1 Å². The molecule has 1 fully saturated rings. The Labute approximate surface area is 193 Å². The van der Waals surface area contributed by atoms with Gasteiger partial charge in [-0.15, -0.1) is 0 Å². The molecule has 0 radical (unpaired) electrons. The number of nitrogens with zero attached hydrogens (tertiary/aromatic N) is 2. The first-order chi connectivity index (χ1) is 15.2. The van der Waals surface area contributed by atoms with Gasteiger partial charge in [-0.25, -0.2) is 9.17 Å². The smallest absolute Gasteiger partial charge is 0.299 e. The van der Waals surface area contributed by atoms with Crippen LogP contribution >= 0.6 is 11.6 Å². The Bertz CT molecular complexity index is 1150. The summed E-state index contributed by atoms with van der Waals surface area (Å²) < 4.78 is 45.4. The number of halogens is 1. The lowest BCUT2D eigenvalue weighted by Gasteiger charge is -2.31. The predicted molar refractivity (Wildman–Crippen MR) is 120 cm³/mol. The summed E-state index contributed by atoms with van der Waals surface area (Å²) in [5.74, 6) is -2.55. The molecule has 170 valence electrons. The van der Waals surface area contributed by atoms with Crippen molar-refractivity contribution in [2.75, 3.05) is 6.61 Å². The zero-order valence-corrected chi connectivity index (χ0v) is 19.5. The molecular formula is C23H25ClN2O5S. The third kappa shape index (κ3) is 5.39. The molecule has 7 nitrogen and oxygen atoms in total. The normalized spacial score (nSPS) is 23.5. The van der Waals surface area contributed by atoms with E-state index >= 15 is 0 Å². The SMILES string of the molecule is Cc1ccc(S(=O)(=O)O[C@@]2(C)COC(CCc3ccc(Cl)cc3)(Cn3ccnc3)O2)cc1. The van der Waals surface area contributed by atoms with Gasteiger partial charge in [0, 0.05) is 23.8 Å². The van der Waals surface area contributed by atoms with Crippen LogP contribution in [0.5, 0.6) is 0 Å². The largest absolute Gasteiger partial charge is 0.342 e. The Kier molecular flexibility index (Phi) is 6.42. The summed E-state index contributed by atoms with van der Waals surface area (Å²) >= 11 is 5.99. The number of ether oxygens (including phenoxy) is 2. The maximum absolute atomic E-state index is 12.9.